The van der Waals surface area contributed by atoms with Gasteiger partial charge in [-0.3, -0.25) is 4.90 Å². The Morgan fingerprint density at radius 2 is 1.68 bits per heavy atom. The Bertz CT molecular complexity index is 1020. The van der Waals surface area contributed by atoms with E-state index in [1.54, 1.807) is 17.0 Å². The molecule has 0 saturated heterocycles. The molecule has 0 saturated carbocycles. The third kappa shape index (κ3) is 2.15. The Morgan fingerprint density at radius 1 is 1.00 bits per heavy atom. The maximum atomic E-state index is 9.83. The summed E-state index contributed by atoms with van der Waals surface area (Å²) in [5.74, 6) is 0.398. The molecule has 0 aromatic heterocycles. The SMILES string of the molecule is N#CC1=C(N)N2C(=C(C#N)[C@@H]1c1ccc(Cl)cc1)Nc1ccccc12. The number of fused-ring (bicyclic) bond motifs is 3. The molecule has 0 fully saturated rings. The maximum absolute atomic E-state index is 9.83. The first-order valence-electron chi connectivity index (χ1n) is 7.61. The predicted octanol–water partition coefficient (Wildman–Crippen LogP) is 3.80. The molecule has 2 aromatic rings. The summed E-state index contributed by atoms with van der Waals surface area (Å²) in [6, 6.07) is 19.2. The maximum Gasteiger partial charge on any atom is 0.131 e. The zero-order valence-electron chi connectivity index (χ0n) is 13.0. The number of nitrogens with one attached hydrogen (secondary N) is 1. The van der Waals surface area contributed by atoms with Crippen LogP contribution in [-0.4, -0.2) is 0 Å². The van der Waals surface area contributed by atoms with E-state index in [0.717, 1.165) is 16.9 Å². The highest BCUT2D eigenvalue weighted by molar-refractivity contribution is 6.30. The van der Waals surface area contributed by atoms with E-state index < -0.39 is 5.92 Å². The van der Waals surface area contributed by atoms with E-state index in [1.165, 1.54) is 0 Å². The number of halogens is 1. The van der Waals surface area contributed by atoms with Crippen LogP contribution in [0.25, 0.3) is 0 Å². The molecule has 25 heavy (non-hydrogen) atoms. The van der Waals surface area contributed by atoms with E-state index in [-0.39, 0.29) is 0 Å². The normalized spacial score (nSPS) is 18.2. The fourth-order valence-electron chi connectivity index (χ4n) is 3.29. The van der Waals surface area contributed by atoms with Gasteiger partial charge in [0.1, 0.15) is 11.6 Å². The minimum absolute atomic E-state index is 0.328. The number of hydrogen-bond acceptors (Lipinski definition) is 5. The lowest BCUT2D eigenvalue weighted by atomic mass is 9.83. The van der Waals surface area contributed by atoms with Crippen LogP contribution >= 0.6 is 11.6 Å². The highest BCUT2D eigenvalue weighted by Crippen LogP contribution is 2.47. The van der Waals surface area contributed by atoms with Gasteiger partial charge in [-0.2, -0.15) is 10.5 Å². The van der Waals surface area contributed by atoms with Gasteiger partial charge in [0.25, 0.3) is 0 Å². The Labute approximate surface area is 149 Å². The highest BCUT2D eigenvalue weighted by atomic mass is 35.5. The Balaban J connectivity index is 1.96. The van der Waals surface area contributed by atoms with Crippen molar-refractivity contribution in [2.45, 2.75) is 5.92 Å². The van der Waals surface area contributed by atoms with Gasteiger partial charge in [0.05, 0.1) is 40.6 Å². The van der Waals surface area contributed by atoms with Crippen molar-refractivity contribution in [1.82, 2.24) is 0 Å². The Kier molecular flexibility index (Phi) is 3.39. The largest absolute Gasteiger partial charge is 0.384 e. The number of nitriles is 2. The molecule has 120 valence electrons. The van der Waals surface area contributed by atoms with Crippen molar-refractivity contribution in [3.8, 4) is 12.1 Å². The van der Waals surface area contributed by atoms with Crippen LogP contribution in [0.4, 0.5) is 11.4 Å². The first kappa shape index (κ1) is 15.1. The fraction of sp³-hybridized carbons (Fsp3) is 0.0526. The number of nitrogens with zero attached hydrogens (tertiary/aromatic N) is 3. The molecule has 2 aliphatic rings. The molecule has 6 heteroatoms. The molecular formula is C19H12ClN5. The van der Waals surface area contributed by atoms with Crippen LogP contribution in [0.2, 0.25) is 5.02 Å². The summed E-state index contributed by atoms with van der Waals surface area (Å²) in [6.45, 7) is 0. The van der Waals surface area contributed by atoms with Crippen LogP contribution < -0.4 is 16.0 Å². The van der Waals surface area contributed by atoms with Gasteiger partial charge >= 0.3 is 0 Å². The molecule has 0 amide bonds. The molecule has 0 radical (unpaired) electrons. The molecule has 0 aliphatic carbocycles. The molecule has 2 aliphatic heterocycles. The zero-order valence-corrected chi connectivity index (χ0v) is 13.7. The molecule has 5 nitrogen and oxygen atoms in total. The van der Waals surface area contributed by atoms with Crippen molar-refractivity contribution in [2.75, 3.05) is 10.2 Å². The van der Waals surface area contributed by atoms with Crippen molar-refractivity contribution in [1.29, 1.82) is 10.5 Å². The topological polar surface area (TPSA) is 88.9 Å². The summed E-state index contributed by atoms with van der Waals surface area (Å²) < 4.78 is 0. The van der Waals surface area contributed by atoms with E-state index in [4.69, 9.17) is 17.3 Å². The van der Waals surface area contributed by atoms with Gasteiger partial charge in [-0.25, -0.2) is 0 Å². The van der Waals surface area contributed by atoms with E-state index in [0.29, 0.717) is 27.8 Å². The molecule has 0 unspecified atom stereocenters. The van der Waals surface area contributed by atoms with E-state index in [9.17, 15) is 10.5 Å². The summed E-state index contributed by atoms with van der Waals surface area (Å²) in [6.07, 6.45) is 0. The van der Waals surface area contributed by atoms with Crippen LogP contribution in [0, 0.1) is 22.7 Å². The summed E-state index contributed by atoms with van der Waals surface area (Å²) in [7, 11) is 0. The lowest BCUT2D eigenvalue weighted by Gasteiger charge is -2.31. The number of anilines is 2. The summed E-state index contributed by atoms with van der Waals surface area (Å²) in [4.78, 5) is 1.73. The molecule has 0 spiro atoms. The van der Waals surface area contributed by atoms with Crippen LogP contribution in [0.3, 0.4) is 0 Å². The summed E-state index contributed by atoms with van der Waals surface area (Å²) in [5.41, 5.74) is 9.60. The summed E-state index contributed by atoms with van der Waals surface area (Å²) >= 11 is 5.97. The molecule has 3 N–H and O–H groups in total. The Morgan fingerprint density at radius 3 is 2.36 bits per heavy atom. The molecule has 4 rings (SSSR count). The smallest absolute Gasteiger partial charge is 0.131 e. The number of allylic oxidation sites excluding steroid dienone is 2. The van der Waals surface area contributed by atoms with Gasteiger partial charge in [0, 0.05) is 5.02 Å². The minimum Gasteiger partial charge on any atom is -0.384 e. The third-order valence-electron chi connectivity index (χ3n) is 4.42. The van der Waals surface area contributed by atoms with Crippen molar-refractivity contribution >= 4 is 23.0 Å². The molecular weight excluding hydrogens is 334 g/mol. The van der Waals surface area contributed by atoms with Gasteiger partial charge in [-0.15, -0.1) is 0 Å². The van der Waals surface area contributed by atoms with Gasteiger partial charge < -0.3 is 11.1 Å². The average molecular weight is 346 g/mol. The lowest BCUT2D eigenvalue weighted by molar-refractivity contribution is 0.868. The second-order valence-corrected chi connectivity index (χ2v) is 6.18. The molecule has 0 bridgehead atoms. The van der Waals surface area contributed by atoms with Crippen molar-refractivity contribution in [2.24, 2.45) is 5.73 Å². The van der Waals surface area contributed by atoms with E-state index in [1.807, 2.05) is 36.4 Å². The van der Waals surface area contributed by atoms with E-state index >= 15 is 0 Å². The van der Waals surface area contributed by atoms with Gasteiger partial charge in [-0.1, -0.05) is 35.9 Å². The van der Waals surface area contributed by atoms with Crippen LogP contribution in [-0.2, 0) is 0 Å². The monoisotopic (exact) mass is 345 g/mol. The van der Waals surface area contributed by atoms with Crippen molar-refractivity contribution in [3.05, 3.63) is 81.9 Å². The van der Waals surface area contributed by atoms with Crippen molar-refractivity contribution in [3.63, 3.8) is 0 Å². The highest BCUT2D eigenvalue weighted by Gasteiger charge is 2.39. The first-order chi connectivity index (χ1) is 12.2. The number of para-hydroxylation sites is 2. The van der Waals surface area contributed by atoms with Crippen molar-refractivity contribution < 1.29 is 0 Å². The predicted molar refractivity (Wildman–Crippen MR) is 96.2 cm³/mol. The van der Waals surface area contributed by atoms with E-state index in [2.05, 4.69) is 17.5 Å². The van der Waals surface area contributed by atoms with Gasteiger partial charge in [0.2, 0.25) is 0 Å². The second kappa shape index (κ2) is 5.59. The second-order valence-electron chi connectivity index (χ2n) is 5.75. The lowest BCUT2D eigenvalue weighted by Crippen LogP contribution is -2.34. The first-order valence-corrected chi connectivity index (χ1v) is 7.99. The molecule has 1 atom stereocenters. The average Bonchev–Trinajstić information content (AvgIpc) is 3.02. The van der Waals surface area contributed by atoms with Crippen LogP contribution in [0.5, 0.6) is 0 Å². The van der Waals surface area contributed by atoms with Gasteiger partial charge in [0.15, 0.2) is 0 Å². The fourth-order valence-corrected chi connectivity index (χ4v) is 3.42. The minimum atomic E-state index is -0.527. The summed E-state index contributed by atoms with van der Waals surface area (Å²) in [5, 5.41) is 23.4. The number of hydrogen-bond donors (Lipinski definition) is 2. The number of benzene rings is 2. The molecule has 2 aromatic carbocycles. The van der Waals surface area contributed by atoms with Crippen LogP contribution in [0.15, 0.2) is 71.3 Å². The Hall–Kier alpha value is -3.41. The number of nitrogens with two attached hydrogens (primary N) is 1. The van der Waals surface area contributed by atoms with Gasteiger partial charge in [-0.05, 0) is 29.8 Å². The number of rotatable bonds is 1. The molecule has 2 heterocycles. The van der Waals surface area contributed by atoms with Crippen LogP contribution in [0.1, 0.15) is 11.5 Å². The third-order valence-corrected chi connectivity index (χ3v) is 4.67. The zero-order chi connectivity index (χ0) is 17.6. The quantitative estimate of drug-likeness (QED) is 0.820. The standard InChI is InChI=1S/C19H12ClN5/c20-12-7-5-11(6-8-12)17-13(9-21)18(23)25-16-4-2-1-3-15(16)24-19(25)14(17)10-22/h1-8,17,24H,23H2/t17-/m1/s1.